The highest BCUT2D eigenvalue weighted by atomic mass is 16.3. The minimum atomic E-state index is -0.732. The zero-order valence-electron chi connectivity index (χ0n) is 7.07. The van der Waals surface area contributed by atoms with Crippen molar-refractivity contribution in [2.75, 3.05) is 6.54 Å². The van der Waals surface area contributed by atoms with E-state index in [1.165, 1.54) is 18.2 Å². The molecule has 1 aromatic rings. The first-order chi connectivity index (χ1) is 6.15. The lowest BCUT2D eigenvalue weighted by Gasteiger charge is -2.10. The van der Waals surface area contributed by atoms with Gasteiger partial charge in [0.1, 0.15) is 0 Å². The number of aliphatic hydroxyl groups is 1. The molecule has 1 unspecified atom stereocenters. The van der Waals surface area contributed by atoms with Crippen molar-refractivity contribution in [3.8, 4) is 11.5 Å². The normalized spacial score (nSPS) is 12.8. The maximum Gasteiger partial charge on any atom is 0.157 e. The van der Waals surface area contributed by atoms with Crippen LogP contribution in [0.2, 0.25) is 0 Å². The summed E-state index contributed by atoms with van der Waals surface area (Å²) in [5.41, 5.74) is 0.534. The van der Waals surface area contributed by atoms with Gasteiger partial charge in [-0.2, -0.15) is 0 Å². The molecule has 0 fully saturated rings. The van der Waals surface area contributed by atoms with E-state index < -0.39 is 6.10 Å². The fourth-order valence-corrected chi connectivity index (χ4v) is 1.00. The maximum absolute atomic E-state index is 9.44. The molecule has 0 amide bonds. The minimum Gasteiger partial charge on any atom is -0.504 e. The van der Waals surface area contributed by atoms with Crippen LogP contribution < -0.4 is 5.32 Å². The van der Waals surface area contributed by atoms with Gasteiger partial charge in [-0.25, -0.2) is 0 Å². The first-order valence-electron chi connectivity index (χ1n) is 3.85. The molecule has 0 saturated carbocycles. The van der Waals surface area contributed by atoms with E-state index in [1.54, 1.807) is 0 Å². The highest BCUT2D eigenvalue weighted by molar-refractivity contribution is 5.41. The molecule has 0 saturated heterocycles. The van der Waals surface area contributed by atoms with Crippen molar-refractivity contribution in [3.63, 3.8) is 0 Å². The molecule has 4 N–H and O–H groups in total. The quantitative estimate of drug-likeness (QED) is 0.514. The average molecular weight is 182 g/mol. The molecule has 1 atom stereocenters. The number of rotatable bonds is 3. The lowest BCUT2D eigenvalue weighted by Crippen LogP contribution is -2.14. The van der Waals surface area contributed by atoms with E-state index in [-0.39, 0.29) is 11.5 Å². The zero-order valence-corrected chi connectivity index (χ0v) is 7.07. The van der Waals surface area contributed by atoms with Crippen LogP contribution in [-0.4, -0.2) is 21.9 Å². The third kappa shape index (κ3) is 2.34. The Kier molecular flexibility index (Phi) is 3.11. The van der Waals surface area contributed by atoms with Crippen molar-refractivity contribution < 1.29 is 15.3 Å². The summed E-state index contributed by atoms with van der Waals surface area (Å²) < 4.78 is 0. The van der Waals surface area contributed by atoms with Crippen LogP contribution in [0.4, 0.5) is 0 Å². The van der Waals surface area contributed by atoms with E-state index >= 15 is 0 Å². The Bertz CT molecular complexity index is 288. The molecule has 1 rings (SSSR count). The van der Waals surface area contributed by atoms with Crippen LogP contribution in [-0.2, 0) is 0 Å². The highest BCUT2D eigenvalue weighted by Gasteiger charge is 2.08. The zero-order chi connectivity index (χ0) is 9.84. The molecular formula is C9H12NO3. The molecule has 71 valence electrons. The number of hydrogen-bond acceptors (Lipinski definition) is 4. The predicted molar refractivity (Wildman–Crippen MR) is 48.1 cm³/mol. The Hall–Kier alpha value is -1.26. The van der Waals surface area contributed by atoms with Gasteiger partial charge in [0.2, 0.25) is 0 Å². The topological polar surface area (TPSA) is 72.7 Å². The van der Waals surface area contributed by atoms with Crippen LogP contribution >= 0.6 is 0 Å². The summed E-state index contributed by atoms with van der Waals surface area (Å²) in [5, 5.41) is 30.1. The number of aromatic hydroxyl groups is 2. The summed E-state index contributed by atoms with van der Waals surface area (Å²) in [6, 6.07) is 4.19. The first kappa shape index (κ1) is 9.83. The van der Waals surface area contributed by atoms with Crippen molar-refractivity contribution in [1.29, 1.82) is 0 Å². The lowest BCUT2D eigenvalue weighted by molar-refractivity contribution is 0.179. The molecule has 0 aliphatic heterocycles. The van der Waals surface area contributed by atoms with E-state index in [9.17, 15) is 5.11 Å². The molecule has 0 heterocycles. The number of benzene rings is 1. The Morgan fingerprint density at radius 3 is 2.54 bits per heavy atom. The van der Waals surface area contributed by atoms with Gasteiger partial charge in [-0.15, -0.1) is 0 Å². The number of aliphatic hydroxyl groups excluding tert-OH is 1. The van der Waals surface area contributed by atoms with Crippen LogP contribution in [0.1, 0.15) is 11.7 Å². The molecule has 13 heavy (non-hydrogen) atoms. The summed E-state index contributed by atoms with van der Waals surface area (Å²) in [4.78, 5) is 0. The Labute approximate surface area is 76.5 Å². The van der Waals surface area contributed by atoms with Gasteiger partial charge in [0, 0.05) is 13.6 Å². The van der Waals surface area contributed by atoms with Crippen LogP contribution in [0.25, 0.3) is 0 Å². The van der Waals surface area contributed by atoms with Gasteiger partial charge in [0.15, 0.2) is 11.5 Å². The van der Waals surface area contributed by atoms with Crippen LogP contribution in [0.5, 0.6) is 11.5 Å². The van der Waals surface area contributed by atoms with Gasteiger partial charge in [0.05, 0.1) is 6.10 Å². The van der Waals surface area contributed by atoms with Crippen LogP contribution in [0, 0.1) is 7.05 Å². The van der Waals surface area contributed by atoms with Crippen molar-refractivity contribution >= 4 is 0 Å². The minimum absolute atomic E-state index is 0.196. The number of phenolic OH excluding ortho intramolecular Hbond substituents is 2. The summed E-state index contributed by atoms with van der Waals surface area (Å²) in [6.45, 7) is 0.296. The third-order valence-electron chi connectivity index (χ3n) is 1.72. The average Bonchev–Trinajstić information content (AvgIpc) is 2.10. The molecule has 1 aromatic carbocycles. The summed E-state index contributed by atoms with van der Waals surface area (Å²) in [7, 11) is 3.37. The molecule has 0 spiro atoms. The fourth-order valence-electron chi connectivity index (χ4n) is 1.00. The molecule has 0 aliphatic rings. The number of phenols is 2. The molecule has 0 aliphatic carbocycles. The summed E-state index contributed by atoms with van der Waals surface area (Å²) >= 11 is 0. The van der Waals surface area contributed by atoms with Crippen molar-refractivity contribution in [3.05, 3.63) is 30.8 Å². The predicted octanol–water partition coefficient (Wildman–Crippen LogP) is 0.512. The highest BCUT2D eigenvalue weighted by Crippen LogP contribution is 2.27. The van der Waals surface area contributed by atoms with Gasteiger partial charge in [0.25, 0.3) is 0 Å². The standard InChI is InChI=1S/C9H12NO3/c1-10-5-9(13)6-2-3-7(11)8(12)4-6/h2-4,9-13H,1,5H2. The number of nitrogens with one attached hydrogen (secondary N) is 1. The van der Waals surface area contributed by atoms with Crippen molar-refractivity contribution in [2.45, 2.75) is 6.10 Å². The smallest absolute Gasteiger partial charge is 0.157 e. The van der Waals surface area contributed by atoms with E-state index in [0.29, 0.717) is 12.1 Å². The van der Waals surface area contributed by atoms with Gasteiger partial charge in [-0.3, -0.25) is 0 Å². The SMILES string of the molecule is [CH2]NCC(O)c1ccc(O)c(O)c1. The maximum atomic E-state index is 9.44. The number of hydrogen-bond donors (Lipinski definition) is 4. The van der Waals surface area contributed by atoms with Gasteiger partial charge < -0.3 is 20.6 Å². The molecule has 1 radical (unpaired) electrons. The van der Waals surface area contributed by atoms with Crippen molar-refractivity contribution in [2.24, 2.45) is 0 Å². The van der Waals surface area contributed by atoms with Crippen molar-refractivity contribution in [1.82, 2.24) is 5.32 Å². The second-order valence-electron chi connectivity index (χ2n) is 2.72. The van der Waals surface area contributed by atoms with E-state index in [2.05, 4.69) is 12.4 Å². The molecule has 0 bridgehead atoms. The molecule has 0 aromatic heterocycles. The Balaban J connectivity index is 2.84. The van der Waals surface area contributed by atoms with Crippen LogP contribution in [0.15, 0.2) is 18.2 Å². The summed E-state index contributed by atoms with van der Waals surface area (Å²) in [5.74, 6) is -0.431. The van der Waals surface area contributed by atoms with E-state index in [4.69, 9.17) is 10.2 Å². The largest absolute Gasteiger partial charge is 0.504 e. The van der Waals surface area contributed by atoms with Crippen LogP contribution in [0.3, 0.4) is 0 Å². The second kappa shape index (κ2) is 4.11. The van der Waals surface area contributed by atoms with Gasteiger partial charge in [-0.1, -0.05) is 6.07 Å². The Morgan fingerprint density at radius 2 is 2.00 bits per heavy atom. The second-order valence-corrected chi connectivity index (χ2v) is 2.72. The monoisotopic (exact) mass is 182 g/mol. The first-order valence-corrected chi connectivity index (χ1v) is 3.85. The van der Waals surface area contributed by atoms with Gasteiger partial charge >= 0.3 is 0 Å². The third-order valence-corrected chi connectivity index (χ3v) is 1.72. The molecule has 4 nitrogen and oxygen atoms in total. The van der Waals surface area contributed by atoms with E-state index in [0.717, 1.165) is 0 Å². The lowest BCUT2D eigenvalue weighted by atomic mass is 10.1. The van der Waals surface area contributed by atoms with Gasteiger partial charge in [-0.05, 0) is 17.7 Å². The molecule has 4 heteroatoms. The fraction of sp³-hybridized carbons (Fsp3) is 0.222. The Morgan fingerprint density at radius 1 is 1.31 bits per heavy atom. The summed E-state index contributed by atoms with van der Waals surface area (Å²) in [6.07, 6.45) is -0.732. The molecular weight excluding hydrogens is 170 g/mol. The van der Waals surface area contributed by atoms with E-state index in [1.807, 2.05) is 0 Å².